The lowest BCUT2D eigenvalue weighted by atomic mass is 9.92. The number of hydrogen-bond donors (Lipinski definition) is 0. The molecule has 8 heteroatoms. The van der Waals surface area contributed by atoms with Gasteiger partial charge in [-0.2, -0.15) is 13.2 Å². The minimum absolute atomic E-state index is 0.294. The second kappa shape index (κ2) is 6.98. The molecule has 0 N–H and O–H groups in total. The fourth-order valence-corrected chi connectivity index (χ4v) is 4.11. The van der Waals surface area contributed by atoms with Crippen LogP contribution in [0.5, 0.6) is 0 Å². The highest BCUT2D eigenvalue weighted by Crippen LogP contribution is 2.36. The van der Waals surface area contributed by atoms with E-state index in [1.165, 1.54) is 6.07 Å². The molecule has 2 fully saturated rings. The number of anilines is 2. The molecular weight excluding hydrogens is 355 g/mol. The number of pyridine rings is 1. The van der Waals surface area contributed by atoms with Gasteiger partial charge < -0.3 is 9.80 Å². The molecule has 0 spiro atoms. The van der Waals surface area contributed by atoms with E-state index >= 15 is 0 Å². The zero-order chi connectivity index (χ0) is 19.0. The molecule has 27 heavy (non-hydrogen) atoms. The summed E-state index contributed by atoms with van der Waals surface area (Å²) in [5, 5.41) is 0. The van der Waals surface area contributed by atoms with E-state index in [1.807, 2.05) is 6.07 Å². The molecule has 0 saturated carbocycles. The summed E-state index contributed by atoms with van der Waals surface area (Å²) in [7, 11) is 0. The minimum atomic E-state index is -4.36. The molecule has 0 amide bonds. The van der Waals surface area contributed by atoms with Crippen LogP contribution in [0.4, 0.5) is 24.8 Å². The number of fused-ring (bicyclic) bond motifs is 1. The van der Waals surface area contributed by atoms with Crippen molar-refractivity contribution in [2.45, 2.75) is 38.4 Å². The number of rotatable bonds is 3. The molecule has 5 nitrogen and oxygen atoms in total. The number of halogens is 3. The van der Waals surface area contributed by atoms with Gasteiger partial charge in [0.25, 0.3) is 0 Å². The molecule has 4 rings (SSSR count). The number of nitrogens with zero attached hydrogens (tertiary/aromatic N) is 5. The molecule has 2 saturated heterocycles. The van der Waals surface area contributed by atoms with Gasteiger partial charge in [-0.15, -0.1) is 0 Å². The summed E-state index contributed by atoms with van der Waals surface area (Å²) in [6.45, 7) is 4.58. The Bertz CT molecular complexity index is 793. The van der Waals surface area contributed by atoms with Gasteiger partial charge in [0.1, 0.15) is 18.0 Å². The highest BCUT2D eigenvalue weighted by atomic mass is 19.4. The van der Waals surface area contributed by atoms with Crippen molar-refractivity contribution in [3.8, 4) is 0 Å². The van der Waals surface area contributed by atoms with E-state index in [9.17, 15) is 13.2 Å². The maximum atomic E-state index is 12.8. The SMILES string of the molecule is CCc1cc(N2CCC3CCN(c4ccc(C(F)(F)F)cn4)CC32)ncn1. The van der Waals surface area contributed by atoms with Crippen LogP contribution in [0.3, 0.4) is 0 Å². The summed E-state index contributed by atoms with van der Waals surface area (Å²) in [5.41, 5.74) is 0.303. The van der Waals surface area contributed by atoms with Gasteiger partial charge in [-0.25, -0.2) is 15.0 Å². The molecule has 0 radical (unpaired) electrons. The van der Waals surface area contributed by atoms with Gasteiger partial charge >= 0.3 is 6.18 Å². The van der Waals surface area contributed by atoms with Crippen LogP contribution in [0.1, 0.15) is 31.0 Å². The van der Waals surface area contributed by atoms with Crippen LogP contribution in [0.25, 0.3) is 0 Å². The van der Waals surface area contributed by atoms with E-state index in [0.29, 0.717) is 17.8 Å². The Kier molecular flexibility index (Phi) is 4.65. The Morgan fingerprint density at radius 3 is 2.59 bits per heavy atom. The van der Waals surface area contributed by atoms with Gasteiger partial charge in [-0.3, -0.25) is 0 Å². The Labute approximate surface area is 156 Å². The second-order valence-corrected chi connectivity index (χ2v) is 7.17. The molecule has 2 aromatic heterocycles. The quantitative estimate of drug-likeness (QED) is 0.819. The van der Waals surface area contributed by atoms with E-state index in [2.05, 4.69) is 31.7 Å². The summed E-state index contributed by atoms with van der Waals surface area (Å²) in [6.07, 6.45) is 1.16. The highest BCUT2D eigenvalue weighted by Gasteiger charge is 2.39. The molecule has 2 unspecified atom stereocenters. The minimum Gasteiger partial charge on any atom is -0.355 e. The average molecular weight is 377 g/mol. The van der Waals surface area contributed by atoms with E-state index in [0.717, 1.165) is 62.7 Å². The lowest BCUT2D eigenvalue weighted by Crippen LogP contribution is -2.48. The van der Waals surface area contributed by atoms with Gasteiger partial charge in [0.05, 0.1) is 11.6 Å². The fourth-order valence-electron chi connectivity index (χ4n) is 4.11. The first-order chi connectivity index (χ1) is 13.0. The van der Waals surface area contributed by atoms with Crippen LogP contribution in [0.15, 0.2) is 30.7 Å². The zero-order valence-corrected chi connectivity index (χ0v) is 15.2. The third-order valence-electron chi connectivity index (χ3n) is 5.63. The first kappa shape index (κ1) is 18.0. The Morgan fingerprint density at radius 2 is 1.89 bits per heavy atom. The molecule has 2 aliphatic heterocycles. The highest BCUT2D eigenvalue weighted by molar-refractivity contribution is 5.46. The number of alkyl halides is 3. The molecule has 0 bridgehead atoms. The number of aromatic nitrogens is 3. The monoisotopic (exact) mass is 377 g/mol. The summed E-state index contributed by atoms with van der Waals surface area (Å²) in [5.74, 6) is 2.12. The van der Waals surface area contributed by atoms with E-state index in [4.69, 9.17) is 0 Å². The molecule has 2 aliphatic rings. The van der Waals surface area contributed by atoms with Crippen LogP contribution < -0.4 is 9.80 Å². The molecule has 2 aromatic rings. The summed E-state index contributed by atoms with van der Waals surface area (Å²) >= 11 is 0. The van der Waals surface area contributed by atoms with Crippen molar-refractivity contribution in [3.05, 3.63) is 42.0 Å². The maximum Gasteiger partial charge on any atom is 0.417 e. The van der Waals surface area contributed by atoms with Crippen LogP contribution in [-0.4, -0.2) is 40.6 Å². The van der Waals surface area contributed by atoms with Gasteiger partial charge in [0.2, 0.25) is 0 Å². The van der Waals surface area contributed by atoms with Crippen molar-refractivity contribution in [3.63, 3.8) is 0 Å². The lowest BCUT2D eigenvalue weighted by molar-refractivity contribution is -0.137. The molecule has 0 aromatic carbocycles. The van der Waals surface area contributed by atoms with Crippen molar-refractivity contribution in [2.24, 2.45) is 5.92 Å². The predicted octanol–water partition coefficient (Wildman–Crippen LogP) is 3.56. The van der Waals surface area contributed by atoms with Gasteiger partial charge in [0.15, 0.2) is 0 Å². The van der Waals surface area contributed by atoms with Crippen molar-refractivity contribution < 1.29 is 13.2 Å². The molecule has 2 atom stereocenters. The zero-order valence-electron chi connectivity index (χ0n) is 15.2. The molecule has 144 valence electrons. The Morgan fingerprint density at radius 1 is 1.07 bits per heavy atom. The van der Waals surface area contributed by atoms with Gasteiger partial charge in [-0.1, -0.05) is 6.92 Å². The standard InChI is InChI=1S/C19H22F3N5/c1-2-15-9-18(25-12-24-15)27-8-6-13-5-7-26(11-16(13)27)17-4-3-14(10-23-17)19(20,21)22/h3-4,9-10,12-13,16H,2,5-8,11H2,1H3. The summed E-state index contributed by atoms with van der Waals surface area (Å²) < 4.78 is 38.3. The van der Waals surface area contributed by atoms with Crippen LogP contribution in [0, 0.1) is 5.92 Å². The predicted molar refractivity (Wildman–Crippen MR) is 96.7 cm³/mol. The Balaban J connectivity index is 1.52. The van der Waals surface area contributed by atoms with Crippen molar-refractivity contribution in [1.29, 1.82) is 0 Å². The third kappa shape index (κ3) is 3.57. The van der Waals surface area contributed by atoms with Crippen molar-refractivity contribution in [2.75, 3.05) is 29.4 Å². The number of hydrogen-bond acceptors (Lipinski definition) is 5. The Hall–Kier alpha value is -2.38. The van der Waals surface area contributed by atoms with E-state index in [1.54, 1.807) is 6.33 Å². The fraction of sp³-hybridized carbons (Fsp3) is 0.526. The largest absolute Gasteiger partial charge is 0.417 e. The first-order valence-corrected chi connectivity index (χ1v) is 9.31. The lowest BCUT2D eigenvalue weighted by Gasteiger charge is -2.39. The topological polar surface area (TPSA) is 45.2 Å². The van der Waals surface area contributed by atoms with Crippen molar-refractivity contribution in [1.82, 2.24) is 15.0 Å². The third-order valence-corrected chi connectivity index (χ3v) is 5.63. The van der Waals surface area contributed by atoms with Crippen LogP contribution in [0.2, 0.25) is 0 Å². The average Bonchev–Trinajstić information content (AvgIpc) is 3.10. The molecule has 0 aliphatic carbocycles. The molecular formula is C19H22F3N5. The smallest absolute Gasteiger partial charge is 0.355 e. The van der Waals surface area contributed by atoms with Crippen LogP contribution in [-0.2, 0) is 12.6 Å². The number of aryl methyl sites for hydroxylation is 1. The summed E-state index contributed by atoms with van der Waals surface area (Å²) in [6, 6.07) is 4.92. The van der Waals surface area contributed by atoms with E-state index < -0.39 is 11.7 Å². The van der Waals surface area contributed by atoms with Crippen LogP contribution >= 0.6 is 0 Å². The summed E-state index contributed by atoms with van der Waals surface area (Å²) in [4.78, 5) is 17.2. The van der Waals surface area contributed by atoms with E-state index in [-0.39, 0.29) is 0 Å². The first-order valence-electron chi connectivity index (χ1n) is 9.31. The van der Waals surface area contributed by atoms with Crippen molar-refractivity contribution >= 4 is 11.6 Å². The normalized spacial score (nSPS) is 22.8. The van der Waals surface area contributed by atoms with Gasteiger partial charge in [0, 0.05) is 37.6 Å². The molecule has 4 heterocycles. The maximum absolute atomic E-state index is 12.8. The second-order valence-electron chi connectivity index (χ2n) is 7.17. The number of piperidine rings is 1. The van der Waals surface area contributed by atoms with Gasteiger partial charge in [-0.05, 0) is 37.3 Å².